The monoisotopic (exact) mass is 341 g/mol. The van der Waals surface area contributed by atoms with E-state index >= 15 is 0 Å². The molecule has 3 aromatic heterocycles. The summed E-state index contributed by atoms with van der Waals surface area (Å²) in [6.07, 6.45) is 9.46. The molecule has 3 rings (SSSR count). The highest BCUT2D eigenvalue weighted by atomic mass is 16.1. The molecule has 0 bridgehead atoms. The highest BCUT2D eigenvalue weighted by Crippen LogP contribution is 2.20. The Morgan fingerprint density at radius 2 is 2.12 bits per heavy atom. The van der Waals surface area contributed by atoms with Gasteiger partial charge in [0.1, 0.15) is 12.2 Å². The number of nitrogens with one attached hydrogen (secondary N) is 1. The Morgan fingerprint density at radius 1 is 1.32 bits per heavy atom. The van der Waals surface area contributed by atoms with Crippen molar-refractivity contribution in [3.8, 4) is 0 Å². The van der Waals surface area contributed by atoms with Crippen molar-refractivity contribution in [2.45, 2.75) is 39.8 Å². The molecule has 0 spiro atoms. The second-order valence-electron chi connectivity index (χ2n) is 6.14. The first-order chi connectivity index (χ1) is 12.1. The number of hydrogen-bond acceptors (Lipinski definition) is 5. The zero-order valence-electron chi connectivity index (χ0n) is 14.5. The van der Waals surface area contributed by atoms with Crippen molar-refractivity contribution in [1.29, 1.82) is 0 Å². The van der Waals surface area contributed by atoms with Gasteiger partial charge in [0.05, 0.1) is 11.9 Å². The lowest BCUT2D eigenvalue weighted by Gasteiger charge is -2.14. The normalized spacial score (nSPS) is 11.3. The van der Waals surface area contributed by atoms with Gasteiger partial charge in [-0.15, -0.1) is 0 Å². The number of carbonyl (C=O) groups is 1. The van der Waals surface area contributed by atoms with Crippen LogP contribution in [-0.2, 0) is 17.9 Å². The van der Waals surface area contributed by atoms with Gasteiger partial charge in [-0.1, -0.05) is 26.7 Å². The molecule has 8 heteroatoms. The van der Waals surface area contributed by atoms with Crippen molar-refractivity contribution >= 4 is 28.6 Å². The summed E-state index contributed by atoms with van der Waals surface area (Å²) in [5, 5.41) is 8.21. The van der Waals surface area contributed by atoms with E-state index in [-0.39, 0.29) is 6.54 Å². The molecular formula is C17H23N7O. The van der Waals surface area contributed by atoms with Gasteiger partial charge in [-0.2, -0.15) is 10.1 Å². The maximum atomic E-state index is 10.9. The van der Waals surface area contributed by atoms with Crippen molar-refractivity contribution in [3.63, 3.8) is 0 Å². The molecule has 3 N–H and O–H groups in total. The zero-order chi connectivity index (χ0) is 17.8. The first-order valence-corrected chi connectivity index (χ1v) is 8.48. The average Bonchev–Trinajstić information content (AvgIpc) is 3.19. The van der Waals surface area contributed by atoms with Crippen LogP contribution in [0, 0.1) is 5.92 Å². The van der Waals surface area contributed by atoms with E-state index in [9.17, 15) is 4.79 Å². The number of hydrogen-bond donors (Lipinski definition) is 2. The molecule has 0 aliphatic rings. The summed E-state index contributed by atoms with van der Waals surface area (Å²) in [6, 6.07) is 2.03. The molecule has 0 fully saturated rings. The molecule has 8 nitrogen and oxygen atoms in total. The third-order valence-corrected chi connectivity index (χ3v) is 4.32. The Bertz CT molecular complexity index is 863. The van der Waals surface area contributed by atoms with E-state index in [2.05, 4.69) is 45.0 Å². The van der Waals surface area contributed by atoms with E-state index < -0.39 is 5.91 Å². The predicted octanol–water partition coefficient (Wildman–Crippen LogP) is 2.29. The highest BCUT2D eigenvalue weighted by molar-refractivity contribution is 5.77. The summed E-state index contributed by atoms with van der Waals surface area (Å²) in [7, 11) is 0. The largest absolute Gasteiger partial charge is 0.368 e. The van der Waals surface area contributed by atoms with Crippen LogP contribution in [-0.4, -0.2) is 30.2 Å². The number of amides is 1. The van der Waals surface area contributed by atoms with Gasteiger partial charge in [0.25, 0.3) is 0 Å². The van der Waals surface area contributed by atoms with Crippen molar-refractivity contribution in [2.24, 2.45) is 11.7 Å². The van der Waals surface area contributed by atoms with Crippen LogP contribution >= 0.6 is 0 Å². The molecule has 0 aromatic carbocycles. The van der Waals surface area contributed by atoms with E-state index in [4.69, 9.17) is 5.73 Å². The maximum Gasteiger partial charge on any atom is 0.239 e. The van der Waals surface area contributed by atoms with Gasteiger partial charge >= 0.3 is 0 Å². The van der Waals surface area contributed by atoms with Crippen LogP contribution in [0.4, 0.5) is 11.6 Å². The van der Waals surface area contributed by atoms with Crippen LogP contribution in [0.25, 0.3) is 11.0 Å². The molecule has 0 aliphatic carbocycles. The van der Waals surface area contributed by atoms with Gasteiger partial charge in [-0.25, -0.2) is 4.98 Å². The summed E-state index contributed by atoms with van der Waals surface area (Å²) >= 11 is 0. The van der Waals surface area contributed by atoms with Crippen molar-refractivity contribution in [2.75, 3.05) is 5.32 Å². The lowest BCUT2D eigenvalue weighted by molar-refractivity contribution is -0.118. The molecular weight excluding hydrogens is 318 g/mol. The molecule has 3 heterocycles. The number of anilines is 2. The summed E-state index contributed by atoms with van der Waals surface area (Å²) in [6.45, 7) is 5.42. The SMILES string of the molecule is CCC(CC)Cn1ccc2cnc(Nc3cnn(CC(N)=O)c3)nc21. The summed E-state index contributed by atoms with van der Waals surface area (Å²) in [5.74, 6) is 0.691. The molecule has 0 atom stereocenters. The van der Waals surface area contributed by atoms with E-state index in [1.54, 1.807) is 12.4 Å². The molecule has 132 valence electrons. The quantitative estimate of drug-likeness (QED) is 0.654. The predicted molar refractivity (Wildman–Crippen MR) is 96.3 cm³/mol. The van der Waals surface area contributed by atoms with E-state index in [0.29, 0.717) is 17.6 Å². The number of aromatic nitrogens is 5. The first kappa shape index (κ1) is 16.9. The molecule has 0 radical (unpaired) electrons. The van der Waals surface area contributed by atoms with Gasteiger partial charge in [0.15, 0.2) is 0 Å². The van der Waals surface area contributed by atoms with Gasteiger partial charge < -0.3 is 15.6 Å². The number of nitrogens with two attached hydrogens (primary N) is 1. The number of nitrogens with zero attached hydrogens (tertiary/aromatic N) is 5. The van der Waals surface area contributed by atoms with E-state index in [1.807, 2.05) is 12.3 Å². The van der Waals surface area contributed by atoms with Crippen molar-refractivity contribution in [3.05, 3.63) is 30.9 Å². The third kappa shape index (κ3) is 3.96. The van der Waals surface area contributed by atoms with Gasteiger partial charge in [0, 0.05) is 30.5 Å². The summed E-state index contributed by atoms with van der Waals surface area (Å²) < 4.78 is 3.65. The Hall–Kier alpha value is -2.90. The summed E-state index contributed by atoms with van der Waals surface area (Å²) in [5.41, 5.74) is 6.79. The minimum Gasteiger partial charge on any atom is -0.368 e. The highest BCUT2D eigenvalue weighted by Gasteiger charge is 2.10. The van der Waals surface area contributed by atoms with E-state index in [1.165, 1.54) is 4.68 Å². The van der Waals surface area contributed by atoms with Crippen LogP contribution in [0.5, 0.6) is 0 Å². The number of rotatable bonds is 8. The Kier molecular flexibility index (Phi) is 4.97. The molecule has 1 amide bonds. The topological polar surface area (TPSA) is 104 Å². The second-order valence-corrected chi connectivity index (χ2v) is 6.14. The molecule has 0 unspecified atom stereocenters. The Balaban J connectivity index is 1.80. The fourth-order valence-electron chi connectivity index (χ4n) is 2.81. The molecule has 3 aromatic rings. The fourth-order valence-corrected chi connectivity index (χ4v) is 2.81. The van der Waals surface area contributed by atoms with Crippen molar-refractivity contribution in [1.82, 2.24) is 24.3 Å². The lowest BCUT2D eigenvalue weighted by atomic mass is 10.0. The molecule has 25 heavy (non-hydrogen) atoms. The van der Waals surface area contributed by atoms with Crippen LogP contribution in [0.15, 0.2) is 30.9 Å². The molecule has 0 aliphatic heterocycles. The minimum absolute atomic E-state index is 0.0415. The maximum absolute atomic E-state index is 10.9. The third-order valence-electron chi connectivity index (χ3n) is 4.32. The number of primary amides is 1. The second kappa shape index (κ2) is 7.33. The van der Waals surface area contributed by atoms with Crippen molar-refractivity contribution < 1.29 is 4.79 Å². The van der Waals surface area contributed by atoms with Crippen LogP contribution in [0.2, 0.25) is 0 Å². The molecule has 0 saturated carbocycles. The van der Waals surface area contributed by atoms with Crippen LogP contribution in [0.3, 0.4) is 0 Å². The first-order valence-electron chi connectivity index (χ1n) is 8.48. The number of carbonyl (C=O) groups excluding carboxylic acids is 1. The van der Waals surface area contributed by atoms with Crippen LogP contribution in [0.1, 0.15) is 26.7 Å². The summed E-state index contributed by atoms with van der Waals surface area (Å²) in [4.78, 5) is 19.9. The average molecular weight is 341 g/mol. The van der Waals surface area contributed by atoms with Gasteiger partial charge in [0.2, 0.25) is 11.9 Å². The minimum atomic E-state index is -0.438. The van der Waals surface area contributed by atoms with E-state index in [0.717, 1.165) is 30.4 Å². The smallest absolute Gasteiger partial charge is 0.239 e. The lowest BCUT2D eigenvalue weighted by Crippen LogP contribution is -2.18. The standard InChI is InChI=1S/C17H23N7O/c1-3-12(4-2)9-23-6-5-13-7-19-17(22-16(13)23)21-14-8-20-24(10-14)11-15(18)25/h5-8,10,12H,3-4,9,11H2,1-2H3,(H2,18,25)(H,19,21,22). The Labute approximate surface area is 146 Å². The fraction of sp³-hybridized carbons (Fsp3) is 0.412. The zero-order valence-corrected chi connectivity index (χ0v) is 14.5. The van der Waals surface area contributed by atoms with Gasteiger partial charge in [-0.3, -0.25) is 9.48 Å². The Morgan fingerprint density at radius 3 is 2.84 bits per heavy atom. The van der Waals surface area contributed by atoms with Crippen LogP contribution < -0.4 is 11.1 Å². The molecule has 0 saturated heterocycles. The number of fused-ring (bicyclic) bond motifs is 1. The van der Waals surface area contributed by atoms with Gasteiger partial charge in [-0.05, 0) is 12.0 Å².